The highest BCUT2D eigenvalue weighted by Gasteiger charge is 2.52. The molecule has 0 heterocycles. The van der Waals surface area contributed by atoms with Crippen molar-refractivity contribution in [3.05, 3.63) is 29.3 Å². The number of rotatable bonds is 2. The van der Waals surface area contributed by atoms with Gasteiger partial charge in [0.05, 0.1) is 0 Å². The van der Waals surface area contributed by atoms with Gasteiger partial charge in [0.2, 0.25) is 0 Å². The Labute approximate surface area is 131 Å². The Balaban J connectivity index is 2.14. The van der Waals surface area contributed by atoms with Crippen molar-refractivity contribution in [2.45, 2.75) is 58.8 Å². The van der Waals surface area contributed by atoms with E-state index in [1.165, 1.54) is 0 Å². The Bertz CT molecular complexity index is 625. The number of hydrogen-bond acceptors (Lipinski definition) is 3. The maximum Gasteiger partial charge on any atom is 0.153 e. The quantitative estimate of drug-likeness (QED) is 0.841. The highest BCUT2D eigenvalue weighted by molar-refractivity contribution is 6.14. The number of phenolic OH excluding ortho intramolecular Hbond substituents is 1. The second kappa shape index (κ2) is 4.68. The standard InChI is InChI=1S/C19H24O3/c1-18(2)10-19(3,4)17(22)15(16(18)21)14-9-12(20)7-8-13(14)11-5-6-11/h7-9,11,15,20H,5-6,10H2,1-4H3. The number of carbonyl (C=O) groups is 2. The van der Waals surface area contributed by atoms with Crippen molar-refractivity contribution in [2.75, 3.05) is 0 Å². The Morgan fingerprint density at radius 1 is 0.955 bits per heavy atom. The zero-order chi connectivity index (χ0) is 16.3. The van der Waals surface area contributed by atoms with Crippen molar-refractivity contribution in [3.8, 4) is 5.75 Å². The lowest BCUT2D eigenvalue weighted by Crippen LogP contribution is -2.48. The largest absolute Gasteiger partial charge is 0.508 e. The van der Waals surface area contributed by atoms with Crippen LogP contribution in [0.2, 0.25) is 0 Å². The van der Waals surface area contributed by atoms with Crippen LogP contribution in [0.5, 0.6) is 5.75 Å². The highest BCUT2D eigenvalue weighted by Crippen LogP contribution is 2.51. The van der Waals surface area contributed by atoms with Crippen molar-refractivity contribution in [1.29, 1.82) is 0 Å². The third-order valence-corrected chi connectivity index (χ3v) is 5.14. The molecule has 3 rings (SSSR count). The molecule has 3 heteroatoms. The zero-order valence-electron chi connectivity index (χ0n) is 13.8. The van der Waals surface area contributed by atoms with Crippen molar-refractivity contribution in [3.63, 3.8) is 0 Å². The van der Waals surface area contributed by atoms with Gasteiger partial charge >= 0.3 is 0 Å². The van der Waals surface area contributed by atoms with Crippen LogP contribution in [-0.2, 0) is 9.59 Å². The SMILES string of the molecule is CC1(C)CC(C)(C)C(=O)C(c2cc(O)ccc2C2CC2)C1=O. The molecule has 2 aliphatic carbocycles. The Kier molecular flexibility index (Phi) is 3.24. The summed E-state index contributed by atoms with van der Waals surface area (Å²) in [6.07, 6.45) is 2.77. The van der Waals surface area contributed by atoms with Crippen LogP contribution in [0.25, 0.3) is 0 Å². The molecular weight excluding hydrogens is 276 g/mol. The minimum atomic E-state index is -0.735. The number of phenols is 1. The van der Waals surface area contributed by atoms with Gasteiger partial charge in [-0.2, -0.15) is 0 Å². The van der Waals surface area contributed by atoms with Gasteiger partial charge in [-0.05, 0) is 48.4 Å². The highest BCUT2D eigenvalue weighted by atomic mass is 16.3. The van der Waals surface area contributed by atoms with E-state index >= 15 is 0 Å². The molecule has 118 valence electrons. The first-order valence-corrected chi connectivity index (χ1v) is 8.05. The van der Waals surface area contributed by atoms with Crippen molar-refractivity contribution < 1.29 is 14.7 Å². The van der Waals surface area contributed by atoms with Crippen LogP contribution >= 0.6 is 0 Å². The molecule has 0 radical (unpaired) electrons. The van der Waals surface area contributed by atoms with E-state index in [2.05, 4.69) is 0 Å². The fraction of sp³-hybridized carbons (Fsp3) is 0.579. The fourth-order valence-corrected chi connectivity index (χ4v) is 4.04. The first kappa shape index (κ1) is 15.3. The number of benzene rings is 1. The van der Waals surface area contributed by atoms with Crippen LogP contribution in [-0.4, -0.2) is 16.7 Å². The summed E-state index contributed by atoms with van der Waals surface area (Å²) in [5.41, 5.74) is 0.763. The van der Waals surface area contributed by atoms with Gasteiger partial charge in [-0.15, -0.1) is 0 Å². The van der Waals surface area contributed by atoms with E-state index in [1.807, 2.05) is 33.8 Å². The maximum atomic E-state index is 12.9. The average molecular weight is 300 g/mol. The van der Waals surface area contributed by atoms with Crippen LogP contribution < -0.4 is 0 Å². The van der Waals surface area contributed by atoms with Crippen LogP contribution in [0.4, 0.5) is 0 Å². The molecular formula is C19H24O3. The van der Waals surface area contributed by atoms with Crippen LogP contribution in [0.15, 0.2) is 18.2 Å². The molecule has 0 saturated heterocycles. The van der Waals surface area contributed by atoms with Gasteiger partial charge in [-0.25, -0.2) is 0 Å². The van der Waals surface area contributed by atoms with Crippen molar-refractivity contribution >= 4 is 11.6 Å². The first-order valence-electron chi connectivity index (χ1n) is 8.05. The van der Waals surface area contributed by atoms with E-state index in [9.17, 15) is 14.7 Å². The molecule has 22 heavy (non-hydrogen) atoms. The Hall–Kier alpha value is -1.64. The van der Waals surface area contributed by atoms with E-state index in [4.69, 9.17) is 0 Å². The molecule has 0 bridgehead atoms. The molecule has 2 fully saturated rings. The molecule has 0 aliphatic heterocycles. The molecule has 1 aromatic rings. The van der Waals surface area contributed by atoms with Gasteiger partial charge in [0.15, 0.2) is 11.6 Å². The number of hydrogen-bond donors (Lipinski definition) is 1. The molecule has 2 aliphatic rings. The molecule has 0 atom stereocenters. The van der Waals surface area contributed by atoms with Gasteiger partial charge in [-0.3, -0.25) is 9.59 Å². The van der Waals surface area contributed by atoms with E-state index < -0.39 is 16.7 Å². The van der Waals surface area contributed by atoms with E-state index in [0.29, 0.717) is 12.3 Å². The summed E-state index contributed by atoms with van der Waals surface area (Å²) in [7, 11) is 0. The lowest BCUT2D eigenvalue weighted by Gasteiger charge is -2.42. The number of carbonyl (C=O) groups excluding carboxylic acids is 2. The van der Waals surface area contributed by atoms with E-state index in [0.717, 1.165) is 24.0 Å². The molecule has 0 amide bonds. The van der Waals surface area contributed by atoms with E-state index in [1.54, 1.807) is 12.1 Å². The third-order valence-electron chi connectivity index (χ3n) is 5.14. The number of ketones is 2. The average Bonchev–Trinajstić information content (AvgIpc) is 3.21. The summed E-state index contributed by atoms with van der Waals surface area (Å²) in [6.45, 7) is 7.71. The summed E-state index contributed by atoms with van der Waals surface area (Å²) in [4.78, 5) is 25.9. The summed E-state index contributed by atoms with van der Waals surface area (Å²) in [6, 6.07) is 5.17. The van der Waals surface area contributed by atoms with Crippen molar-refractivity contribution in [1.82, 2.24) is 0 Å². The first-order chi connectivity index (χ1) is 10.1. The normalized spacial score (nSPS) is 24.5. The second-order valence-corrected chi connectivity index (χ2v) is 8.19. The molecule has 1 N–H and O–H groups in total. The predicted molar refractivity (Wildman–Crippen MR) is 85.0 cm³/mol. The number of Topliss-reactive ketones (excluding diaryl/α,β-unsaturated/α-hetero) is 2. The lowest BCUT2D eigenvalue weighted by atomic mass is 9.58. The summed E-state index contributed by atoms with van der Waals surface area (Å²) >= 11 is 0. The Morgan fingerprint density at radius 2 is 1.50 bits per heavy atom. The van der Waals surface area contributed by atoms with E-state index in [-0.39, 0.29) is 17.3 Å². The van der Waals surface area contributed by atoms with Gasteiger partial charge in [0.25, 0.3) is 0 Å². The molecule has 0 spiro atoms. The maximum absolute atomic E-state index is 12.9. The minimum absolute atomic E-state index is 0.00988. The monoisotopic (exact) mass is 300 g/mol. The van der Waals surface area contributed by atoms with Gasteiger partial charge in [-0.1, -0.05) is 33.8 Å². The predicted octanol–water partition coefficient (Wildman–Crippen LogP) is 3.95. The third kappa shape index (κ3) is 2.37. The smallest absolute Gasteiger partial charge is 0.153 e. The molecule has 0 aromatic heterocycles. The Morgan fingerprint density at radius 3 is 2.00 bits per heavy atom. The summed E-state index contributed by atoms with van der Waals surface area (Å²) in [5, 5.41) is 9.88. The van der Waals surface area contributed by atoms with Crippen LogP contribution in [0, 0.1) is 10.8 Å². The summed E-state index contributed by atoms with van der Waals surface area (Å²) in [5.74, 6) is -0.194. The van der Waals surface area contributed by atoms with Crippen molar-refractivity contribution in [2.24, 2.45) is 10.8 Å². The zero-order valence-corrected chi connectivity index (χ0v) is 13.8. The minimum Gasteiger partial charge on any atom is -0.508 e. The molecule has 1 aromatic carbocycles. The molecule has 3 nitrogen and oxygen atoms in total. The fourth-order valence-electron chi connectivity index (χ4n) is 4.04. The number of aromatic hydroxyl groups is 1. The van der Waals surface area contributed by atoms with Crippen LogP contribution in [0.1, 0.15) is 69.9 Å². The van der Waals surface area contributed by atoms with Crippen LogP contribution in [0.3, 0.4) is 0 Å². The van der Waals surface area contributed by atoms with Gasteiger partial charge in [0, 0.05) is 10.8 Å². The topological polar surface area (TPSA) is 54.4 Å². The summed E-state index contributed by atoms with van der Waals surface area (Å²) < 4.78 is 0. The molecule has 0 unspecified atom stereocenters. The second-order valence-electron chi connectivity index (χ2n) is 8.19. The van der Waals surface area contributed by atoms with Gasteiger partial charge in [0.1, 0.15) is 11.7 Å². The van der Waals surface area contributed by atoms with Gasteiger partial charge < -0.3 is 5.11 Å². The lowest BCUT2D eigenvalue weighted by molar-refractivity contribution is -0.146. The molecule has 2 saturated carbocycles.